The van der Waals surface area contributed by atoms with Gasteiger partial charge in [-0.25, -0.2) is 4.79 Å². The van der Waals surface area contributed by atoms with Crippen molar-refractivity contribution < 1.29 is 14.4 Å². The van der Waals surface area contributed by atoms with Gasteiger partial charge in [0.1, 0.15) is 6.23 Å². The van der Waals surface area contributed by atoms with Crippen LogP contribution in [0, 0.1) is 6.92 Å². The summed E-state index contributed by atoms with van der Waals surface area (Å²) >= 11 is 1.54. The molecule has 2 heterocycles. The van der Waals surface area contributed by atoms with E-state index in [1.54, 1.807) is 11.3 Å². The molecule has 0 bridgehead atoms. The van der Waals surface area contributed by atoms with Gasteiger partial charge in [-0.2, -0.15) is 0 Å². The predicted molar refractivity (Wildman–Crippen MR) is 86.6 cm³/mol. The van der Waals surface area contributed by atoms with E-state index < -0.39 is 0 Å². The van der Waals surface area contributed by atoms with Crippen molar-refractivity contribution in [1.29, 1.82) is 0 Å². The Balaban J connectivity index is 1.61. The van der Waals surface area contributed by atoms with E-state index in [9.17, 15) is 4.79 Å². The van der Waals surface area contributed by atoms with E-state index in [1.165, 1.54) is 5.56 Å². The zero-order valence-electron chi connectivity index (χ0n) is 12.5. The molecule has 1 unspecified atom stereocenters. The van der Waals surface area contributed by atoms with Crippen molar-refractivity contribution in [2.24, 2.45) is 0 Å². The summed E-state index contributed by atoms with van der Waals surface area (Å²) in [6.07, 6.45) is 2.83. The first-order valence-electron chi connectivity index (χ1n) is 7.46. The van der Waals surface area contributed by atoms with Gasteiger partial charge in [0.25, 0.3) is 0 Å². The summed E-state index contributed by atoms with van der Waals surface area (Å²) in [5.74, 6) is -0.371. The molecule has 116 valence electrons. The lowest BCUT2D eigenvalue weighted by Gasteiger charge is -2.22. The quantitative estimate of drug-likeness (QED) is 0.869. The fraction of sp³-hybridized carbons (Fsp3) is 0.353. The minimum absolute atomic E-state index is 0.187. The van der Waals surface area contributed by atoms with Crippen LogP contribution in [-0.4, -0.2) is 18.8 Å². The van der Waals surface area contributed by atoms with Crippen molar-refractivity contribution in [2.45, 2.75) is 32.4 Å². The van der Waals surface area contributed by atoms with Crippen LogP contribution in [0.3, 0.4) is 0 Å². The highest BCUT2D eigenvalue weighted by molar-refractivity contribution is 7.13. The highest BCUT2D eigenvalue weighted by Gasteiger charge is 2.17. The maximum absolute atomic E-state index is 12.1. The third-order valence-electron chi connectivity index (χ3n) is 3.60. The molecule has 0 spiro atoms. The lowest BCUT2D eigenvalue weighted by atomic mass is 10.1. The maximum atomic E-state index is 12.1. The average Bonchev–Trinajstić information content (AvgIpc) is 3.04. The number of rotatable bonds is 4. The SMILES string of the molecule is Cc1cccc(-c2cc(C(=O)ONC3CCCCO3)cs2)c1. The van der Waals surface area contributed by atoms with E-state index in [4.69, 9.17) is 9.57 Å². The molecule has 1 saturated heterocycles. The highest BCUT2D eigenvalue weighted by Crippen LogP contribution is 2.28. The molecular weight excluding hydrogens is 298 g/mol. The first-order valence-corrected chi connectivity index (χ1v) is 8.34. The summed E-state index contributed by atoms with van der Waals surface area (Å²) in [6, 6.07) is 10.1. The second-order valence-electron chi connectivity index (χ2n) is 5.43. The van der Waals surface area contributed by atoms with Crippen LogP contribution in [0.2, 0.25) is 0 Å². The van der Waals surface area contributed by atoms with Crippen LogP contribution < -0.4 is 5.48 Å². The highest BCUT2D eigenvalue weighted by atomic mass is 32.1. The molecule has 2 aromatic rings. The van der Waals surface area contributed by atoms with Crippen molar-refractivity contribution in [3.63, 3.8) is 0 Å². The monoisotopic (exact) mass is 317 g/mol. The number of hydroxylamine groups is 1. The number of aryl methyl sites for hydroxylation is 1. The molecule has 1 aromatic carbocycles. The number of ether oxygens (including phenoxy) is 1. The molecule has 1 aliphatic heterocycles. The summed E-state index contributed by atoms with van der Waals surface area (Å²) in [5, 5.41) is 1.82. The fourth-order valence-corrected chi connectivity index (χ4v) is 3.28. The van der Waals surface area contributed by atoms with Crippen molar-refractivity contribution in [3.05, 3.63) is 46.8 Å². The lowest BCUT2D eigenvalue weighted by molar-refractivity contribution is -0.0855. The molecule has 1 atom stereocenters. The Morgan fingerprint density at radius 2 is 2.27 bits per heavy atom. The summed E-state index contributed by atoms with van der Waals surface area (Å²) in [4.78, 5) is 18.3. The topological polar surface area (TPSA) is 47.6 Å². The van der Waals surface area contributed by atoms with Crippen LogP contribution in [0.1, 0.15) is 35.2 Å². The van der Waals surface area contributed by atoms with Gasteiger partial charge in [0.15, 0.2) is 0 Å². The molecule has 22 heavy (non-hydrogen) atoms. The van der Waals surface area contributed by atoms with Crippen molar-refractivity contribution in [1.82, 2.24) is 5.48 Å². The fourth-order valence-electron chi connectivity index (χ4n) is 2.40. The van der Waals surface area contributed by atoms with Crippen LogP contribution in [-0.2, 0) is 9.57 Å². The van der Waals surface area contributed by atoms with E-state index in [0.29, 0.717) is 12.2 Å². The van der Waals surface area contributed by atoms with E-state index in [-0.39, 0.29) is 12.2 Å². The van der Waals surface area contributed by atoms with E-state index in [2.05, 4.69) is 24.5 Å². The Hall–Kier alpha value is -1.69. The van der Waals surface area contributed by atoms with Gasteiger partial charge in [-0.3, -0.25) is 0 Å². The Bertz CT molecular complexity index is 647. The van der Waals surface area contributed by atoms with Crippen molar-refractivity contribution >= 4 is 17.3 Å². The summed E-state index contributed by atoms with van der Waals surface area (Å²) < 4.78 is 5.47. The Morgan fingerprint density at radius 3 is 3.05 bits per heavy atom. The van der Waals surface area contributed by atoms with Gasteiger partial charge in [0, 0.05) is 16.9 Å². The summed E-state index contributed by atoms with van der Waals surface area (Å²) in [5.41, 5.74) is 5.59. The summed E-state index contributed by atoms with van der Waals surface area (Å²) in [6.45, 7) is 2.77. The Kier molecular flexibility index (Phi) is 4.87. The van der Waals surface area contributed by atoms with Gasteiger partial charge in [0.2, 0.25) is 0 Å². The normalized spacial score (nSPS) is 18.1. The second-order valence-corrected chi connectivity index (χ2v) is 6.34. The zero-order valence-corrected chi connectivity index (χ0v) is 13.3. The molecule has 0 saturated carbocycles. The lowest BCUT2D eigenvalue weighted by Crippen LogP contribution is -2.36. The molecule has 1 fully saturated rings. The van der Waals surface area contributed by atoms with E-state index in [1.807, 2.05) is 23.6 Å². The van der Waals surface area contributed by atoms with E-state index >= 15 is 0 Å². The minimum atomic E-state index is -0.371. The molecular formula is C17H19NO3S. The third-order valence-corrected chi connectivity index (χ3v) is 4.58. The standard InChI is InChI=1S/C17H19NO3S/c1-12-5-4-6-13(9-12)15-10-14(11-22-15)17(19)21-18-16-7-2-3-8-20-16/h4-6,9-11,16,18H,2-3,7-8H2,1H3. The first-order chi connectivity index (χ1) is 10.7. The zero-order chi connectivity index (χ0) is 15.4. The average molecular weight is 317 g/mol. The molecule has 1 N–H and O–H groups in total. The van der Waals surface area contributed by atoms with Crippen molar-refractivity contribution in [2.75, 3.05) is 6.61 Å². The van der Waals surface area contributed by atoms with Crippen LogP contribution in [0.5, 0.6) is 0 Å². The van der Waals surface area contributed by atoms with Crippen LogP contribution >= 0.6 is 11.3 Å². The molecule has 0 aliphatic carbocycles. The number of thiophene rings is 1. The molecule has 5 heteroatoms. The third kappa shape index (κ3) is 3.74. The van der Waals surface area contributed by atoms with Crippen LogP contribution in [0.4, 0.5) is 0 Å². The molecule has 1 aliphatic rings. The Labute approximate surface area is 134 Å². The molecule has 0 radical (unpaired) electrons. The first kappa shape index (κ1) is 15.2. The summed E-state index contributed by atoms with van der Waals surface area (Å²) in [7, 11) is 0. The largest absolute Gasteiger partial charge is 0.364 e. The van der Waals surface area contributed by atoms with Gasteiger partial charge in [-0.05, 0) is 37.8 Å². The van der Waals surface area contributed by atoms with Gasteiger partial charge in [0.05, 0.1) is 5.56 Å². The van der Waals surface area contributed by atoms with Crippen LogP contribution in [0.15, 0.2) is 35.7 Å². The van der Waals surface area contributed by atoms with E-state index in [0.717, 1.165) is 29.7 Å². The maximum Gasteiger partial charge on any atom is 0.357 e. The number of carbonyl (C=O) groups is 1. The van der Waals surface area contributed by atoms with Gasteiger partial charge in [-0.1, -0.05) is 29.8 Å². The smallest absolute Gasteiger partial charge is 0.357 e. The molecule has 0 amide bonds. The number of nitrogens with one attached hydrogen (secondary N) is 1. The minimum Gasteiger partial charge on any atom is -0.364 e. The number of hydrogen-bond donors (Lipinski definition) is 1. The van der Waals surface area contributed by atoms with Gasteiger partial charge in [-0.15, -0.1) is 16.8 Å². The second kappa shape index (κ2) is 7.05. The number of benzene rings is 1. The van der Waals surface area contributed by atoms with Gasteiger partial charge < -0.3 is 9.57 Å². The number of carbonyl (C=O) groups excluding carboxylic acids is 1. The Morgan fingerprint density at radius 1 is 1.36 bits per heavy atom. The predicted octanol–water partition coefficient (Wildman–Crippen LogP) is 3.91. The van der Waals surface area contributed by atoms with Crippen molar-refractivity contribution in [3.8, 4) is 10.4 Å². The molecule has 4 nitrogen and oxygen atoms in total. The molecule has 1 aromatic heterocycles. The molecule has 3 rings (SSSR count). The number of hydrogen-bond acceptors (Lipinski definition) is 5. The van der Waals surface area contributed by atoms with Gasteiger partial charge >= 0.3 is 5.97 Å². The van der Waals surface area contributed by atoms with Crippen LogP contribution in [0.25, 0.3) is 10.4 Å².